The molecule has 0 spiro atoms. The first kappa shape index (κ1) is 33.3. The van der Waals surface area contributed by atoms with Crippen LogP contribution in [0.15, 0.2) is 77.9 Å². The summed E-state index contributed by atoms with van der Waals surface area (Å²) in [6.07, 6.45) is 4.55. The number of hydrogen-bond acceptors (Lipinski definition) is 7. The van der Waals surface area contributed by atoms with Crippen molar-refractivity contribution in [3.8, 4) is 0 Å². The molecule has 0 aliphatic heterocycles. The monoisotopic (exact) mass is 493 g/mol. The molecule has 0 unspecified atom stereocenters. The minimum atomic E-state index is -4.02. The molecule has 0 heterocycles. The molecule has 2 rings (SSSR count). The summed E-state index contributed by atoms with van der Waals surface area (Å²) in [7, 11) is -4.02. The molecule has 0 fully saturated rings. The van der Waals surface area contributed by atoms with Crippen LogP contribution in [-0.4, -0.2) is 34.3 Å². The maximum atomic E-state index is 12.6. The summed E-state index contributed by atoms with van der Waals surface area (Å²) in [4.78, 5) is 42.7. The topological polar surface area (TPSA) is 206 Å². The van der Waals surface area contributed by atoms with Gasteiger partial charge < -0.3 is 33.0 Å². The van der Waals surface area contributed by atoms with Crippen LogP contribution in [0.5, 0.6) is 0 Å². The molecule has 0 saturated heterocycles. The predicted molar refractivity (Wildman–Crippen MR) is 135 cm³/mol. The van der Waals surface area contributed by atoms with Gasteiger partial charge in [0, 0.05) is 11.1 Å². The number of ketones is 1. The lowest BCUT2D eigenvalue weighted by molar-refractivity contribution is 0.0539. The third-order valence-corrected chi connectivity index (χ3v) is 5.19. The molecule has 188 valence electrons. The first-order valence-electron chi connectivity index (χ1n) is 9.88. The highest BCUT2D eigenvalue weighted by atomic mass is 31.2. The van der Waals surface area contributed by atoms with Crippen molar-refractivity contribution < 1.29 is 28.7 Å². The van der Waals surface area contributed by atoms with Gasteiger partial charge in [-0.15, -0.1) is 0 Å². The molecule has 0 aromatic heterocycles. The van der Waals surface area contributed by atoms with E-state index in [1.54, 1.807) is 48.5 Å². The van der Waals surface area contributed by atoms with Gasteiger partial charge >= 0.3 is 13.6 Å². The summed E-state index contributed by atoms with van der Waals surface area (Å²) >= 11 is 0. The average molecular weight is 494 g/mol. The van der Waals surface area contributed by atoms with E-state index in [1.165, 1.54) is 6.07 Å². The van der Waals surface area contributed by atoms with Crippen molar-refractivity contribution in [3.05, 3.63) is 94.6 Å². The Morgan fingerprint density at radius 2 is 1.44 bits per heavy atom. The maximum Gasteiger partial charge on any atom is 0.338 e. The van der Waals surface area contributed by atoms with Gasteiger partial charge in [-0.05, 0) is 44.4 Å². The maximum absolute atomic E-state index is 12.6. The molecule has 0 radical (unpaired) electrons. The highest BCUT2D eigenvalue weighted by Crippen LogP contribution is 2.34. The van der Waals surface area contributed by atoms with Crippen molar-refractivity contribution in [3.63, 3.8) is 0 Å². The third kappa shape index (κ3) is 11.8. The van der Waals surface area contributed by atoms with Crippen LogP contribution in [-0.2, 0) is 9.30 Å². The lowest BCUT2D eigenvalue weighted by Gasteiger charge is -2.07. The molecule has 0 aliphatic rings. The Morgan fingerprint density at radius 1 is 0.853 bits per heavy atom. The van der Waals surface area contributed by atoms with E-state index in [4.69, 9.17) is 14.5 Å². The van der Waals surface area contributed by atoms with Crippen LogP contribution in [0.4, 0.5) is 0 Å². The molecule has 0 bridgehead atoms. The fourth-order valence-corrected chi connectivity index (χ4v) is 3.34. The van der Waals surface area contributed by atoms with Crippen molar-refractivity contribution >= 4 is 19.3 Å². The Morgan fingerprint density at radius 3 is 2.06 bits per heavy atom. The molecular formula is C24H36N3O6P. The van der Waals surface area contributed by atoms with E-state index in [1.807, 2.05) is 26.0 Å². The summed E-state index contributed by atoms with van der Waals surface area (Å²) in [6, 6.07) is 15.3. The normalized spacial score (nSPS) is 11.4. The van der Waals surface area contributed by atoms with Crippen LogP contribution in [0.2, 0.25) is 0 Å². The summed E-state index contributed by atoms with van der Waals surface area (Å²) in [5, 5.41) is 0. The van der Waals surface area contributed by atoms with E-state index in [0.29, 0.717) is 29.5 Å². The summed E-state index contributed by atoms with van der Waals surface area (Å²) in [5.41, 5.74) is 3.05. The van der Waals surface area contributed by atoms with Crippen LogP contribution in [0, 0.1) is 0 Å². The zero-order valence-corrected chi connectivity index (χ0v) is 20.7. The van der Waals surface area contributed by atoms with Gasteiger partial charge in [-0.1, -0.05) is 60.2 Å². The van der Waals surface area contributed by atoms with Gasteiger partial charge in [-0.2, -0.15) is 0 Å². The van der Waals surface area contributed by atoms with E-state index >= 15 is 0 Å². The standard InChI is InChI=1S/C24H27O6P.3H3N/c1-18(14-15-31(27,28)29)8-6-9-19(2)17-30-24(26)22-13-7-12-21(16-22)23(25)20-10-4-3-5-11-20;;;/h3-5,7,9-14,16H,6,8,15,17H2,1-2H3,(H2,27,28,29);3*1H3/b18-14+,19-9+;;;. The number of carbonyl (C=O) groups is 2. The lowest BCUT2D eigenvalue weighted by atomic mass is 10.0. The van der Waals surface area contributed by atoms with E-state index in [0.717, 1.165) is 11.1 Å². The quantitative estimate of drug-likeness (QED) is 0.124. The summed E-state index contributed by atoms with van der Waals surface area (Å²) in [6.45, 7) is 3.79. The molecule has 0 saturated carbocycles. The minimum Gasteiger partial charge on any atom is -0.458 e. The van der Waals surface area contributed by atoms with E-state index in [2.05, 4.69) is 0 Å². The van der Waals surface area contributed by atoms with Crippen LogP contribution in [0.25, 0.3) is 0 Å². The fourth-order valence-electron chi connectivity index (χ4n) is 2.79. The molecule has 2 aromatic carbocycles. The van der Waals surface area contributed by atoms with Gasteiger partial charge in [-0.3, -0.25) is 9.36 Å². The van der Waals surface area contributed by atoms with Crippen LogP contribution < -0.4 is 18.5 Å². The van der Waals surface area contributed by atoms with Crippen LogP contribution in [0.3, 0.4) is 0 Å². The van der Waals surface area contributed by atoms with Gasteiger partial charge in [0.2, 0.25) is 0 Å². The number of benzene rings is 2. The van der Waals surface area contributed by atoms with E-state index < -0.39 is 13.6 Å². The second-order valence-electron chi connectivity index (χ2n) is 7.34. The first-order chi connectivity index (χ1) is 14.7. The Hall–Kier alpha value is -2.91. The average Bonchev–Trinajstić information content (AvgIpc) is 2.75. The molecular weight excluding hydrogens is 457 g/mol. The van der Waals surface area contributed by atoms with Crippen molar-refractivity contribution in [2.45, 2.75) is 26.7 Å². The molecule has 0 aliphatic carbocycles. The second kappa shape index (κ2) is 15.8. The first-order valence-corrected chi connectivity index (χ1v) is 11.7. The number of carbonyl (C=O) groups excluding carboxylic acids is 2. The Balaban J connectivity index is 0. The van der Waals surface area contributed by atoms with E-state index in [-0.39, 0.29) is 37.0 Å². The van der Waals surface area contributed by atoms with Crippen LogP contribution >= 0.6 is 7.60 Å². The molecule has 10 heteroatoms. The summed E-state index contributed by atoms with van der Waals surface area (Å²) < 4.78 is 16.2. The van der Waals surface area contributed by atoms with Crippen molar-refractivity contribution in [1.29, 1.82) is 0 Å². The third-order valence-electron chi connectivity index (χ3n) is 4.54. The highest BCUT2D eigenvalue weighted by molar-refractivity contribution is 7.51. The van der Waals surface area contributed by atoms with Gasteiger partial charge in [-0.25, -0.2) is 4.79 Å². The predicted octanol–water partition coefficient (Wildman–Crippen LogP) is 5.41. The molecule has 34 heavy (non-hydrogen) atoms. The second-order valence-corrected chi connectivity index (χ2v) is 9.03. The highest BCUT2D eigenvalue weighted by Gasteiger charge is 2.13. The minimum absolute atomic E-state index is 0. The van der Waals surface area contributed by atoms with Gasteiger partial charge in [0.05, 0.1) is 11.7 Å². The largest absolute Gasteiger partial charge is 0.458 e. The fraction of sp³-hybridized carbons (Fsp3) is 0.250. The van der Waals surface area contributed by atoms with Gasteiger partial charge in [0.15, 0.2) is 5.78 Å². The zero-order chi connectivity index (χ0) is 22.9. The smallest absolute Gasteiger partial charge is 0.338 e. The number of ether oxygens (including phenoxy) is 1. The van der Waals surface area contributed by atoms with Gasteiger partial charge in [0.25, 0.3) is 0 Å². The number of hydrogen-bond donors (Lipinski definition) is 5. The van der Waals surface area contributed by atoms with Crippen molar-refractivity contribution in [1.82, 2.24) is 18.5 Å². The molecule has 0 atom stereocenters. The van der Waals surface area contributed by atoms with Crippen LogP contribution in [0.1, 0.15) is 53.0 Å². The van der Waals surface area contributed by atoms with Crippen molar-refractivity contribution in [2.75, 3.05) is 12.8 Å². The number of allylic oxidation sites excluding steroid dienone is 3. The summed E-state index contributed by atoms with van der Waals surface area (Å²) in [5.74, 6) is -0.665. The molecule has 11 N–H and O–H groups in total. The van der Waals surface area contributed by atoms with Gasteiger partial charge in [0.1, 0.15) is 6.61 Å². The Labute approximate surface area is 200 Å². The number of rotatable bonds is 10. The van der Waals surface area contributed by atoms with Crippen molar-refractivity contribution in [2.24, 2.45) is 0 Å². The Bertz CT molecular complexity index is 1030. The van der Waals surface area contributed by atoms with E-state index in [9.17, 15) is 14.2 Å². The molecule has 0 amide bonds. The molecule has 2 aromatic rings. The zero-order valence-electron chi connectivity index (χ0n) is 19.8. The SMILES string of the molecule is C/C(=C\CP(=O)(O)O)CC/C=C(\C)COC(=O)c1cccc(C(=O)c2ccccc2)c1.N.N.N. The number of esters is 1. The Kier molecular flexibility index (Phi) is 15.5. The molecule has 9 nitrogen and oxygen atoms in total. The lowest BCUT2D eigenvalue weighted by Crippen LogP contribution is -2.09.